The first-order valence-electron chi connectivity index (χ1n) is 11.5. The average molecular weight is 490 g/mol. The third-order valence-electron chi connectivity index (χ3n) is 7.40. The maximum atomic E-state index is 13.0. The number of nitrogens with zero attached hydrogens (tertiary/aromatic N) is 2. The molecule has 1 aliphatic carbocycles. The number of alkyl halides is 1. The molecule has 3 aliphatic rings. The van der Waals surface area contributed by atoms with E-state index in [1.807, 2.05) is 23.1 Å². The van der Waals surface area contributed by atoms with Crippen molar-refractivity contribution in [2.24, 2.45) is 5.92 Å². The largest absolute Gasteiger partial charge is 0.338 e. The number of sulfonamides is 1. The van der Waals surface area contributed by atoms with Crippen LogP contribution in [0.15, 0.2) is 41.3 Å². The molecule has 176 valence electrons. The fourth-order valence-corrected chi connectivity index (χ4v) is 6.97. The Morgan fingerprint density at radius 1 is 1.15 bits per heavy atom. The number of amides is 2. The summed E-state index contributed by atoms with van der Waals surface area (Å²) < 4.78 is 28.6. The molecular formula is C24H28ClN3O4S. The van der Waals surface area contributed by atoms with Crippen molar-refractivity contribution in [3.05, 3.63) is 42.0 Å². The van der Waals surface area contributed by atoms with E-state index in [0.717, 1.165) is 35.7 Å². The van der Waals surface area contributed by atoms with Gasteiger partial charge in [-0.15, -0.1) is 11.6 Å². The third-order valence-corrected chi connectivity index (χ3v) is 9.17. The number of rotatable bonds is 6. The van der Waals surface area contributed by atoms with Crippen molar-refractivity contribution in [1.82, 2.24) is 14.5 Å². The van der Waals surface area contributed by atoms with Crippen LogP contribution >= 0.6 is 11.6 Å². The van der Waals surface area contributed by atoms with Crippen molar-refractivity contribution in [3.63, 3.8) is 0 Å². The SMILES string of the molecule is CC(C(=O)N1CC2CCC1C2)N1CCC(NS(=O)(=O)c2ccc3cc(CCl)ccc3c2)C1=O. The molecule has 2 aromatic carbocycles. The minimum absolute atomic E-state index is 0.0232. The number of fused-ring (bicyclic) bond motifs is 3. The number of halogens is 1. The maximum Gasteiger partial charge on any atom is 0.245 e. The first-order valence-corrected chi connectivity index (χ1v) is 13.5. The summed E-state index contributed by atoms with van der Waals surface area (Å²) in [6.07, 6.45) is 3.62. The second-order valence-corrected chi connectivity index (χ2v) is 11.5. The number of carbonyl (C=O) groups excluding carboxylic acids is 2. The molecule has 0 spiro atoms. The molecule has 4 atom stereocenters. The fraction of sp³-hybridized carbons (Fsp3) is 0.500. The molecule has 9 heteroatoms. The Bertz CT molecular complexity index is 1220. The topological polar surface area (TPSA) is 86.8 Å². The van der Waals surface area contributed by atoms with Gasteiger partial charge in [-0.2, -0.15) is 4.72 Å². The Labute approximate surface area is 199 Å². The van der Waals surface area contributed by atoms with Gasteiger partial charge in [-0.25, -0.2) is 8.42 Å². The molecule has 2 aromatic rings. The van der Waals surface area contributed by atoms with E-state index < -0.39 is 22.1 Å². The molecule has 2 bridgehead atoms. The van der Waals surface area contributed by atoms with E-state index in [-0.39, 0.29) is 16.7 Å². The molecule has 2 saturated heterocycles. The summed E-state index contributed by atoms with van der Waals surface area (Å²) in [6.45, 7) is 2.89. The number of benzene rings is 2. The Hall–Kier alpha value is -2.16. The first kappa shape index (κ1) is 22.6. The number of piperidine rings is 1. The van der Waals surface area contributed by atoms with Crippen LogP contribution in [0, 0.1) is 5.92 Å². The minimum Gasteiger partial charge on any atom is -0.338 e. The quantitative estimate of drug-likeness (QED) is 0.632. The van der Waals surface area contributed by atoms with Crippen LogP contribution in [0.5, 0.6) is 0 Å². The smallest absolute Gasteiger partial charge is 0.245 e. The van der Waals surface area contributed by atoms with Crippen molar-refractivity contribution in [2.45, 2.75) is 61.5 Å². The molecule has 0 aromatic heterocycles. The Kier molecular flexibility index (Phi) is 5.87. The van der Waals surface area contributed by atoms with Crippen LogP contribution in [0.1, 0.15) is 38.2 Å². The number of hydrogen-bond acceptors (Lipinski definition) is 4. The zero-order valence-electron chi connectivity index (χ0n) is 18.5. The molecule has 3 fully saturated rings. The van der Waals surface area contributed by atoms with E-state index >= 15 is 0 Å². The van der Waals surface area contributed by atoms with Crippen molar-refractivity contribution < 1.29 is 18.0 Å². The molecule has 5 rings (SSSR count). The predicted octanol–water partition coefficient (Wildman–Crippen LogP) is 2.86. The fourth-order valence-electron chi connectivity index (χ4n) is 5.54. The van der Waals surface area contributed by atoms with Crippen LogP contribution < -0.4 is 4.72 Å². The van der Waals surface area contributed by atoms with Gasteiger partial charge in [0.25, 0.3) is 0 Å². The van der Waals surface area contributed by atoms with Gasteiger partial charge in [0.15, 0.2) is 0 Å². The average Bonchev–Trinajstić information content (AvgIpc) is 3.54. The molecule has 7 nitrogen and oxygen atoms in total. The second kappa shape index (κ2) is 8.56. The van der Waals surface area contributed by atoms with E-state index in [1.165, 1.54) is 17.4 Å². The maximum absolute atomic E-state index is 13.0. The molecule has 2 aliphatic heterocycles. The molecule has 4 unspecified atom stereocenters. The van der Waals surface area contributed by atoms with Crippen LogP contribution in [0.2, 0.25) is 0 Å². The summed E-state index contributed by atoms with van der Waals surface area (Å²) in [4.78, 5) is 29.6. The highest BCUT2D eigenvalue weighted by Crippen LogP contribution is 2.38. The van der Waals surface area contributed by atoms with E-state index in [0.29, 0.717) is 30.8 Å². The molecule has 33 heavy (non-hydrogen) atoms. The van der Waals surface area contributed by atoms with Crippen molar-refractivity contribution in [3.8, 4) is 0 Å². The number of carbonyl (C=O) groups is 2. The van der Waals surface area contributed by atoms with Gasteiger partial charge in [0.1, 0.15) is 12.1 Å². The third kappa shape index (κ3) is 4.13. The van der Waals surface area contributed by atoms with E-state index in [2.05, 4.69) is 4.72 Å². The lowest BCUT2D eigenvalue weighted by molar-refractivity contribution is -0.144. The lowest BCUT2D eigenvalue weighted by Gasteiger charge is -2.33. The van der Waals surface area contributed by atoms with Gasteiger partial charge >= 0.3 is 0 Å². The first-order chi connectivity index (χ1) is 15.8. The monoisotopic (exact) mass is 489 g/mol. The highest BCUT2D eigenvalue weighted by atomic mass is 35.5. The van der Waals surface area contributed by atoms with Gasteiger partial charge in [0.2, 0.25) is 21.8 Å². The standard InChI is InChI=1S/C24H28ClN3O4S/c1-15(23(29)28-14-17-3-6-20(28)11-17)27-9-8-22(24(27)30)26-33(31,32)21-7-5-18-10-16(13-25)2-4-19(18)12-21/h2,4-5,7,10,12,15,17,20,22,26H,3,6,8-9,11,13-14H2,1H3. The second-order valence-electron chi connectivity index (χ2n) is 9.47. The number of hydrogen-bond donors (Lipinski definition) is 1. The lowest BCUT2D eigenvalue weighted by Crippen LogP contribution is -2.51. The molecule has 1 N–H and O–H groups in total. The van der Waals surface area contributed by atoms with Crippen molar-refractivity contribution in [1.29, 1.82) is 0 Å². The summed E-state index contributed by atoms with van der Waals surface area (Å²) in [7, 11) is -3.89. The van der Waals surface area contributed by atoms with Gasteiger partial charge in [0.05, 0.1) is 4.90 Å². The summed E-state index contributed by atoms with van der Waals surface area (Å²) >= 11 is 5.88. The van der Waals surface area contributed by atoms with Crippen LogP contribution in [0.25, 0.3) is 10.8 Å². The predicted molar refractivity (Wildman–Crippen MR) is 126 cm³/mol. The Balaban J connectivity index is 1.28. The summed E-state index contributed by atoms with van der Waals surface area (Å²) in [6, 6.07) is 9.36. The highest BCUT2D eigenvalue weighted by Gasteiger charge is 2.45. The van der Waals surface area contributed by atoms with E-state index in [9.17, 15) is 18.0 Å². The minimum atomic E-state index is -3.89. The van der Waals surface area contributed by atoms with Crippen molar-refractivity contribution in [2.75, 3.05) is 13.1 Å². The van der Waals surface area contributed by atoms with Crippen LogP contribution in [-0.2, 0) is 25.5 Å². The number of nitrogens with one attached hydrogen (secondary N) is 1. The summed E-state index contributed by atoms with van der Waals surface area (Å²) in [5, 5.41) is 1.68. The van der Waals surface area contributed by atoms with Crippen LogP contribution in [-0.4, -0.2) is 61.2 Å². The van der Waals surface area contributed by atoms with Crippen molar-refractivity contribution >= 4 is 44.2 Å². The molecule has 0 radical (unpaired) electrons. The van der Waals surface area contributed by atoms with E-state index in [1.54, 1.807) is 19.1 Å². The molecule has 1 saturated carbocycles. The lowest BCUT2D eigenvalue weighted by atomic mass is 10.1. The molecular weight excluding hydrogens is 462 g/mol. The Morgan fingerprint density at radius 2 is 1.91 bits per heavy atom. The summed E-state index contributed by atoms with van der Waals surface area (Å²) in [5.41, 5.74) is 0.958. The van der Waals surface area contributed by atoms with Gasteiger partial charge in [-0.3, -0.25) is 9.59 Å². The van der Waals surface area contributed by atoms with Crippen LogP contribution in [0.3, 0.4) is 0 Å². The van der Waals surface area contributed by atoms with Crippen LogP contribution in [0.4, 0.5) is 0 Å². The molecule has 2 heterocycles. The van der Waals surface area contributed by atoms with Gasteiger partial charge in [0, 0.05) is 25.0 Å². The Morgan fingerprint density at radius 3 is 2.61 bits per heavy atom. The highest BCUT2D eigenvalue weighted by molar-refractivity contribution is 7.89. The van der Waals surface area contributed by atoms with Gasteiger partial charge < -0.3 is 9.80 Å². The summed E-state index contributed by atoms with van der Waals surface area (Å²) in [5.74, 6) is 0.613. The van der Waals surface area contributed by atoms with E-state index in [4.69, 9.17) is 11.6 Å². The zero-order valence-corrected chi connectivity index (χ0v) is 20.1. The van der Waals surface area contributed by atoms with Gasteiger partial charge in [-0.05, 0) is 73.1 Å². The van der Waals surface area contributed by atoms with Gasteiger partial charge in [-0.1, -0.05) is 18.2 Å². The normalized spacial score (nSPS) is 25.9. The molecule has 2 amide bonds. The zero-order chi connectivity index (χ0) is 23.3. The number of likely N-dealkylation sites (tertiary alicyclic amines) is 2.